The molecule has 1 N–H and O–H groups in total. The minimum absolute atomic E-state index is 0.117. The van der Waals surface area contributed by atoms with Gasteiger partial charge in [0, 0.05) is 0 Å². The second-order valence-corrected chi connectivity index (χ2v) is 6.92. The summed E-state index contributed by atoms with van der Waals surface area (Å²) < 4.78 is 20.9. The molecule has 1 amide bonds. The number of methoxy groups -OCH3 is 3. The SMILES string of the molecule is COc1cc(C(=O)OC(C)C(=O)Nc2cc(Cl)c(Cl)cc2Cl)cc(OC)c1OC. The van der Waals surface area contributed by atoms with Crippen molar-refractivity contribution in [2.24, 2.45) is 0 Å². The lowest BCUT2D eigenvalue weighted by Gasteiger charge is -2.16. The fourth-order valence-corrected chi connectivity index (χ4v) is 2.93. The maximum atomic E-state index is 12.5. The first kappa shape index (κ1) is 22.9. The lowest BCUT2D eigenvalue weighted by molar-refractivity contribution is -0.123. The molecule has 2 rings (SSSR count). The number of anilines is 1. The molecule has 0 aliphatic carbocycles. The average Bonchev–Trinajstić information content (AvgIpc) is 2.70. The van der Waals surface area contributed by atoms with Crippen LogP contribution in [0.15, 0.2) is 24.3 Å². The number of hydrogen-bond donors (Lipinski definition) is 1. The summed E-state index contributed by atoms with van der Waals surface area (Å²) in [5, 5.41) is 3.19. The lowest BCUT2D eigenvalue weighted by atomic mass is 10.2. The molecule has 0 bridgehead atoms. The van der Waals surface area contributed by atoms with Crippen molar-refractivity contribution in [3.8, 4) is 17.2 Å². The van der Waals surface area contributed by atoms with Crippen molar-refractivity contribution in [3.05, 3.63) is 44.9 Å². The highest BCUT2D eigenvalue weighted by Gasteiger charge is 2.23. The summed E-state index contributed by atoms with van der Waals surface area (Å²) in [7, 11) is 4.28. The summed E-state index contributed by atoms with van der Waals surface area (Å²) in [6.45, 7) is 1.41. The van der Waals surface area contributed by atoms with Crippen LogP contribution in [0.2, 0.25) is 15.1 Å². The number of rotatable bonds is 7. The maximum absolute atomic E-state index is 12.5. The molecule has 0 aliphatic rings. The van der Waals surface area contributed by atoms with E-state index < -0.39 is 18.0 Å². The van der Waals surface area contributed by atoms with Gasteiger partial charge in [-0.05, 0) is 31.2 Å². The van der Waals surface area contributed by atoms with Gasteiger partial charge >= 0.3 is 5.97 Å². The van der Waals surface area contributed by atoms with Gasteiger partial charge in [-0.3, -0.25) is 4.79 Å². The average molecular weight is 463 g/mol. The number of esters is 1. The van der Waals surface area contributed by atoms with Gasteiger partial charge in [0.05, 0.1) is 47.6 Å². The Labute approximate surface area is 182 Å². The summed E-state index contributed by atoms with van der Waals surface area (Å²) >= 11 is 17.8. The first-order valence-corrected chi connectivity index (χ1v) is 9.31. The van der Waals surface area contributed by atoms with E-state index in [1.807, 2.05) is 0 Å². The Balaban J connectivity index is 2.16. The van der Waals surface area contributed by atoms with Crippen LogP contribution in [0.4, 0.5) is 5.69 Å². The smallest absolute Gasteiger partial charge is 0.339 e. The molecule has 2 aromatic carbocycles. The molecule has 7 nitrogen and oxygen atoms in total. The second kappa shape index (κ2) is 9.91. The highest BCUT2D eigenvalue weighted by Crippen LogP contribution is 2.38. The van der Waals surface area contributed by atoms with Gasteiger partial charge in [-0.2, -0.15) is 0 Å². The molecular weight excluding hydrogens is 445 g/mol. The Morgan fingerprint density at radius 2 is 1.41 bits per heavy atom. The summed E-state index contributed by atoms with van der Waals surface area (Å²) in [6.07, 6.45) is -1.13. The zero-order valence-electron chi connectivity index (χ0n) is 16.0. The molecule has 29 heavy (non-hydrogen) atoms. The second-order valence-electron chi connectivity index (χ2n) is 5.70. The van der Waals surface area contributed by atoms with Crippen molar-refractivity contribution >= 4 is 52.4 Å². The van der Waals surface area contributed by atoms with Crippen LogP contribution < -0.4 is 19.5 Å². The molecular formula is C19H18Cl3NO6. The number of halogens is 3. The van der Waals surface area contributed by atoms with Crippen molar-refractivity contribution in [2.45, 2.75) is 13.0 Å². The number of hydrogen-bond acceptors (Lipinski definition) is 6. The van der Waals surface area contributed by atoms with Crippen LogP contribution >= 0.6 is 34.8 Å². The highest BCUT2D eigenvalue weighted by atomic mass is 35.5. The zero-order valence-corrected chi connectivity index (χ0v) is 18.2. The standard InChI is InChI=1S/C19H18Cl3NO6/c1-9(18(24)23-14-8-12(21)11(20)7-13(14)22)29-19(25)10-5-15(26-2)17(28-4)16(6-10)27-3/h5-9H,1-4H3,(H,23,24). The molecule has 0 aromatic heterocycles. The Hall–Kier alpha value is -2.35. The van der Waals surface area contributed by atoms with Crippen molar-refractivity contribution in [3.63, 3.8) is 0 Å². The van der Waals surface area contributed by atoms with E-state index >= 15 is 0 Å². The topological polar surface area (TPSA) is 83.1 Å². The number of nitrogens with one attached hydrogen (secondary N) is 1. The molecule has 0 saturated carbocycles. The molecule has 0 radical (unpaired) electrons. The Bertz CT molecular complexity index is 909. The molecule has 0 spiro atoms. The van der Waals surface area contributed by atoms with Gasteiger partial charge in [-0.1, -0.05) is 34.8 Å². The molecule has 0 heterocycles. The summed E-state index contributed by atoms with van der Waals surface area (Å²) in [5.74, 6) is -0.484. The van der Waals surface area contributed by atoms with Crippen LogP contribution in [0.3, 0.4) is 0 Å². The van der Waals surface area contributed by atoms with Crippen LogP contribution in [-0.2, 0) is 9.53 Å². The Morgan fingerprint density at radius 3 is 1.93 bits per heavy atom. The third-order valence-electron chi connectivity index (χ3n) is 3.82. The van der Waals surface area contributed by atoms with Crippen LogP contribution in [0.5, 0.6) is 17.2 Å². The minimum atomic E-state index is -1.13. The molecule has 2 aromatic rings. The van der Waals surface area contributed by atoms with Crippen molar-refractivity contribution in [1.82, 2.24) is 0 Å². The molecule has 156 valence electrons. The van der Waals surface area contributed by atoms with Crippen LogP contribution in [0.1, 0.15) is 17.3 Å². The Morgan fingerprint density at radius 1 is 0.862 bits per heavy atom. The zero-order chi connectivity index (χ0) is 21.7. The quantitative estimate of drug-likeness (QED) is 0.467. The van der Waals surface area contributed by atoms with Gasteiger partial charge < -0.3 is 24.3 Å². The molecule has 1 unspecified atom stereocenters. The molecule has 0 aliphatic heterocycles. The van der Waals surface area contributed by atoms with Crippen molar-refractivity contribution in [2.75, 3.05) is 26.6 Å². The number of ether oxygens (including phenoxy) is 4. The fraction of sp³-hybridized carbons (Fsp3) is 0.263. The third kappa shape index (κ3) is 5.38. The summed E-state index contributed by atoms with van der Waals surface area (Å²) in [5.41, 5.74) is 0.355. The van der Waals surface area contributed by atoms with E-state index in [1.165, 1.54) is 52.5 Å². The predicted molar refractivity (Wildman–Crippen MR) is 111 cm³/mol. The van der Waals surface area contributed by atoms with Crippen molar-refractivity contribution in [1.29, 1.82) is 0 Å². The first-order valence-electron chi connectivity index (χ1n) is 8.18. The number of carbonyl (C=O) groups excluding carboxylic acids is 2. The van der Waals surface area contributed by atoms with E-state index in [9.17, 15) is 9.59 Å². The summed E-state index contributed by atoms with van der Waals surface area (Å²) in [6, 6.07) is 5.64. The largest absolute Gasteiger partial charge is 0.493 e. The van der Waals surface area contributed by atoms with Crippen LogP contribution in [-0.4, -0.2) is 39.3 Å². The van der Waals surface area contributed by atoms with E-state index in [2.05, 4.69) is 5.32 Å². The van der Waals surface area contributed by atoms with Gasteiger partial charge in [0.25, 0.3) is 5.91 Å². The monoisotopic (exact) mass is 461 g/mol. The van der Waals surface area contributed by atoms with Crippen LogP contribution in [0, 0.1) is 0 Å². The normalized spacial score (nSPS) is 11.4. The molecule has 0 fully saturated rings. The van der Waals surface area contributed by atoms with E-state index in [0.717, 1.165) is 0 Å². The third-order valence-corrected chi connectivity index (χ3v) is 4.86. The van der Waals surface area contributed by atoms with Gasteiger partial charge in [0.15, 0.2) is 17.6 Å². The van der Waals surface area contributed by atoms with Crippen molar-refractivity contribution < 1.29 is 28.5 Å². The van der Waals surface area contributed by atoms with E-state index in [4.69, 9.17) is 53.8 Å². The number of amides is 1. The molecule has 0 saturated heterocycles. The van der Waals surface area contributed by atoms with Gasteiger partial charge in [0.2, 0.25) is 5.75 Å². The van der Waals surface area contributed by atoms with E-state index in [-0.39, 0.29) is 37.8 Å². The summed E-state index contributed by atoms with van der Waals surface area (Å²) in [4.78, 5) is 24.9. The minimum Gasteiger partial charge on any atom is -0.493 e. The van der Waals surface area contributed by atoms with Crippen LogP contribution in [0.25, 0.3) is 0 Å². The van der Waals surface area contributed by atoms with Gasteiger partial charge in [0.1, 0.15) is 0 Å². The molecule has 1 atom stereocenters. The highest BCUT2D eigenvalue weighted by molar-refractivity contribution is 6.44. The first-order chi connectivity index (χ1) is 13.7. The van der Waals surface area contributed by atoms with E-state index in [1.54, 1.807) is 0 Å². The predicted octanol–water partition coefficient (Wildman–Crippen LogP) is 4.86. The lowest BCUT2D eigenvalue weighted by Crippen LogP contribution is -2.30. The van der Waals surface area contributed by atoms with E-state index in [0.29, 0.717) is 5.75 Å². The Kier molecular flexibility index (Phi) is 7.84. The number of carbonyl (C=O) groups is 2. The fourth-order valence-electron chi connectivity index (χ4n) is 2.33. The maximum Gasteiger partial charge on any atom is 0.339 e. The van der Waals surface area contributed by atoms with Gasteiger partial charge in [-0.25, -0.2) is 4.79 Å². The number of benzene rings is 2. The molecule has 10 heteroatoms. The van der Waals surface area contributed by atoms with Gasteiger partial charge in [-0.15, -0.1) is 0 Å².